The Morgan fingerprint density at radius 3 is 2.67 bits per heavy atom. The van der Waals surface area contributed by atoms with Gasteiger partial charge in [0, 0.05) is 30.6 Å². The van der Waals surface area contributed by atoms with Gasteiger partial charge in [0.05, 0.1) is 0 Å². The number of benzene rings is 1. The Kier molecular flexibility index (Phi) is 5.35. The number of pyridine rings is 1. The van der Waals surface area contributed by atoms with Crippen molar-refractivity contribution in [2.75, 3.05) is 13.1 Å². The molecular weight excluding hydrogens is 334 g/mol. The zero-order valence-corrected chi connectivity index (χ0v) is 15.8. The molecule has 5 rings (SSSR count). The van der Waals surface area contributed by atoms with E-state index >= 15 is 0 Å². The molecule has 3 aliphatic heterocycles. The van der Waals surface area contributed by atoms with Crippen molar-refractivity contribution in [3.63, 3.8) is 0 Å². The topological polar surface area (TPSA) is 45.2 Å². The quantitative estimate of drug-likeness (QED) is 0.831. The molecule has 2 bridgehead atoms. The van der Waals surface area contributed by atoms with E-state index in [0.29, 0.717) is 12.0 Å². The molecule has 3 saturated heterocycles. The average molecular weight is 361 g/mol. The summed E-state index contributed by atoms with van der Waals surface area (Å²) >= 11 is 0. The van der Waals surface area contributed by atoms with Gasteiger partial charge in [0.15, 0.2) is 0 Å². The zero-order valence-electron chi connectivity index (χ0n) is 15.8. The number of amides is 1. The van der Waals surface area contributed by atoms with E-state index in [1.54, 1.807) is 6.08 Å². The normalized spacial score (nSPS) is 27.4. The SMILES string of the molecule is C/C(=C/C(=O)NC1C2CCN(CC2)C1Cc1cccnc1)c1ccccc1. The Morgan fingerprint density at radius 2 is 1.96 bits per heavy atom. The van der Waals surface area contributed by atoms with Gasteiger partial charge in [-0.3, -0.25) is 14.7 Å². The fourth-order valence-corrected chi connectivity index (χ4v) is 4.57. The van der Waals surface area contributed by atoms with Crippen LogP contribution in [0.1, 0.15) is 30.9 Å². The highest BCUT2D eigenvalue weighted by Crippen LogP contribution is 2.34. The van der Waals surface area contributed by atoms with Crippen molar-refractivity contribution in [2.45, 2.75) is 38.3 Å². The smallest absolute Gasteiger partial charge is 0.244 e. The average Bonchev–Trinajstić information content (AvgIpc) is 2.72. The van der Waals surface area contributed by atoms with Gasteiger partial charge in [-0.2, -0.15) is 0 Å². The molecule has 1 aromatic carbocycles. The van der Waals surface area contributed by atoms with Crippen LogP contribution in [-0.2, 0) is 11.2 Å². The van der Waals surface area contributed by atoms with E-state index in [0.717, 1.165) is 30.6 Å². The number of aromatic nitrogens is 1. The summed E-state index contributed by atoms with van der Waals surface area (Å²) in [6.45, 7) is 4.28. The first kappa shape index (κ1) is 17.9. The second-order valence-corrected chi connectivity index (χ2v) is 7.73. The summed E-state index contributed by atoms with van der Waals surface area (Å²) in [5.74, 6) is 0.595. The van der Waals surface area contributed by atoms with Crippen LogP contribution < -0.4 is 5.32 Å². The molecule has 3 fully saturated rings. The minimum Gasteiger partial charge on any atom is -0.348 e. The molecule has 0 radical (unpaired) electrons. The third kappa shape index (κ3) is 4.11. The molecule has 4 heteroatoms. The fraction of sp³-hybridized carbons (Fsp3) is 0.391. The molecule has 4 nitrogen and oxygen atoms in total. The number of carbonyl (C=O) groups excluding carboxylic acids is 1. The molecule has 1 aromatic heterocycles. The summed E-state index contributed by atoms with van der Waals surface area (Å²) in [6.07, 6.45) is 8.80. The summed E-state index contributed by atoms with van der Waals surface area (Å²) in [7, 11) is 0. The maximum atomic E-state index is 12.8. The van der Waals surface area contributed by atoms with E-state index < -0.39 is 0 Å². The monoisotopic (exact) mass is 361 g/mol. The molecule has 2 atom stereocenters. The predicted octanol–water partition coefficient (Wildman–Crippen LogP) is 3.31. The van der Waals surface area contributed by atoms with Crippen LogP contribution in [0.4, 0.5) is 0 Å². The summed E-state index contributed by atoms with van der Waals surface area (Å²) < 4.78 is 0. The Hall–Kier alpha value is -2.46. The highest BCUT2D eigenvalue weighted by atomic mass is 16.1. The maximum absolute atomic E-state index is 12.8. The van der Waals surface area contributed by atoms with Gasteiger partial charge in [-0.05, 0) is 68.0 Å². The van der Waals surface area contributed by atoms with Gasteiger partial charge in [-0.25, -0.2) is 0 Å². The first-order valence-electron chi connectivity index (χ1n) is 9.88. The van der Waals surface area contributed by atoms with Gasteiger partial charge >= 0.3 is 0 Å². The summed E-state index contributed by atoms with van der Waals surface area (Å²) in [5.41, 5.74) is 3.33. The zero-order chi connectivity index (χ0) is 18.6. The third-order valence-corrected chi connectivity index (χ3v) is 6.02. The van der Waals surface area contributed by atoms with Crippen LogP contribution in [0.25, 0.3) is 5.57 Å². The van der Waals surface area contributed by atoms with Crippen LogP contribution >= 0.6 is 0 Å². The van der Waals surface area contributed by atoms with Gasteiger partial charge in [0.25, 0.3) is 0 Å². The van der Waals surface area contributed by atoms with Gasteiger partial charge in [-0.1, -0.05) is 36.4 Å². The number of fused-ring (bicyclic) bond motifs is 3. The third-order valence-electron chi connectivity index (χ3n) is 6.02. The number of carbonyl (C=O) groups is 1. The van der Waals surface area contributed by atoms with Gasteiger partial charge in [-0.15, -0.1) is 0 Å². The molecule has 0 aliphatic carbocycles. The largest absolute Gasteiger partial charge is 0.348 e. The van der Waals surface area contributed by atoms with Gasteiger partial charge in [0.1, 0.15) is 0 Å². The summed E-state index contributed by atoms with van der Waals surface area (Å²) in [5, 5.41) is 3.34. The molecule has 1 amide bonds. The van der Waals surface area contributed by atoms with Crippen molar-refractivity contribution < 1.29 is 4.79 Å². The van der Waals surface area contributed by atoms with Crippen LogP contribution in [0.15, 0.2) is 60.9 Å². The molecule has 140 valence electrons. The number of piperidine rings is 3. The molecule has 0 saturated carbocycles. The lowest BCUT2D eigenvalue weighted by Crippen LogP contribution is -2.64. The van der Waals surface area contributed by atoms with Gasteiger partial charge < -0.3 is 5.32 Å². The molecule has 2 aromatic rings. The Bertz CT molecular complexity index is 795. The molecule has 3 aliphatic rings. The van der Waals surface area contributed by atoms with Crippen molar-refractivity contribution in [1.82, 2.24) is 15.2 Å². The minimum absolute atomic E-state index is 0.0197. The molecule has 1 N–H and O–H groups in total. The van der Waals surface area contributed by atoms with Crippen LogP contribution in [0.3, 0.4) is 0 Å². The molecule has 27 heavy (non-hydrogen) atoms. The summed E-state index contributed by atoms with van der Waals surface area (Å²) in [6, 6.07) is 14.8. The van der Waals surface area contributed by atoms with E-state index in [2.05, 4.69) is 21.3 Å². The van der Waals surface area contributed by atoms with Crippen molar-refractivity contribution in [1.29, 1.82) is 0 Å². The van der Waals surface area contributed by atoms with Gasteiger partial charge in [0.2, 0.25) is 5.91 Å². The Labute approximate surface area is 161 Å². The van der Waals surface area contributed by atoms with Crippen LogP contribution in [-0.4, -0.2) is 41.0 Å². The highest BCUT2D eigenvalue weighted by Gasteiger charge is 2.42. The predicted molar refractivity (Wildman–Crippen MR) is 108 cm³/mol. The lowest BCUT2D eigenvalue weighted by molar-refractivity contribution is -0.119. The number of nitrogens with zero attached hydrogens (tertiary/aromatic N) is 2. The van der Waals surface area contributed by atoms with E-state index in [1.807, 2.05) is 55.7 Å². The first-order chi connectivity index (χ1) is 13.2. The fourth-order valence-electron chi connectivity index (χ4n) is 4.57. The Balaban J connectivity index is 1.49. The van der Waals surface area contributed by atoms with E-state index in [9.17, 15) is 4.79 Å². The van der Waals surface area contributed by atoms with Crippen molar-refractivity contribution in [3.05, 3.63) is 72.1 Å². The van der Waals surface area contributed by atoms with Crippen LogP contribution in [0.5, 0.6) is 0 Å². The lowest BCUT2D eigenvalue weighted by Gasteiger charge is -2.51. The lowest BCUT2D eigenvalue weighted by atomic mass is 9.76. The number of nitrogens with one attached hydrogen (secondary N) is 1. The minimum atomic E-state index is 0.0197. The van der Waals surface area contributed by atoms with Crippen molar-refractivity contribution in [2.24, 2.45) is 5.92 Å². The van der Waals surface area contributed by atoms with E-state index in [-0.39, 0.29) is 11.9 Å². The summed E-state index contributed by atoms with van der Waals surface area (Å²) in [4.78, 5) is 19.6. The van der Waals surface area contributed by atoms with E-state index in [4.69, 9.17) is 0 Å². The first-order valence-corrected chi connectivity index (χ1v) is 9.88. The standard InChI is InChI=1S/C23H27N3O/c1-17(19-7-3-2-4-8-19)14-22(27)25-23-20-9-12-26(13-10-20)21(23)15-18-6-5-11-24-16-18/h2-8,11,14,16,20-21,23H,9-10,12-13,15H2,1H3,(H,25,27)/b17-14-. The molecule has 4 heterocycles. The molecule has 2 unspecified atom stereocenters. The number of hydrogen-bond donors (Lipinski definition) is 1. The van der Waals surface area contributed by atoms with Crippen molar-refractivity contribution in [3.8, 4) is 0 Å². The van der Waals surface area contributed by atoms with Crippen LogP contribution in [0.2, 0.25) is 0 Å². The Morgan fingerprint density at radius 1 is 1.19 bits per heavy atom. The maximum Gasteiger partial charge on any atom is 0.244 e. The van der Waals surface area contributed by atoms with E-state index in [1.165, 1.54) is 18.4 Å². The highest BCUT2D eigenvalue weighted by molar-refractivity contribution is 5.95. The molecular formula is C23H27N3O. The van der Waals surface area contributed by atoms with Crippen molar-refractivity contribution >= 4 is 11.5 Å². The second-order valence-electron chi connectivity index (χ2n) is 7.73. The van der Waals surface area contributed by atoms with Crippen LogP contribution in [0, 0.1) is 5.92 Å². The number of allylic oxidation sites excluding steroid dienone is 1. The second kappa shape index (κ2) is 8.05. The number of hydrogen-bond acceptors (Lipinski definition) is 3. The number of rotatable bonds is 5. The molecule has 0 spiro atoms.